The Bertz CT molecular complexity index is 5610. The Labute approximate surface area is 732 Å². The molecule has 0 radical (unpaired) electrons. The first kappa shape index (κ1) is 89.6. The number of hydrogen-bond acceptors (Lipinski definition) is 21. The lowest BCUT2D eigenvalue weighted by Crippen LogP contribution is -2.31. The molecule has 0 atom stereocenters. The third kappa shape index (κ3) is 29.3. The van der Waals surface area contributed by atoms with Crippen LogP contribution in [0.5, 0.6) is 11.5 Å². The predicted octanol–water partition coefficient (Wildman–Crippen LogP) is 15.1. The van der Waals surface area contributed by atoms with E-state index in [1.165, 1.54) is 29.2 Å². The van der Waals surface area contributed by atoms with Crippen molar-refractivity contribution in [2.24, 2.45) is 5.73 Å². The van der Waals surface area contributed by atoms with E-state index >= 15 is 0 Å². The number of pyridine rings is 8. The standard InChI is InChI=1S/C53H53FN10O4.C45H51FN10O2/c54-41-21-19-38(20-22-41)23-26-58-53(67)61-50-18-10-14-45(60-50)37-63(35-43-12-4-6-25-57-43)33-40-29-39(32-62(34-42-11-3-5-24-56-42)36-44-13-9-17-49(55)59-44)30-46(31-40)68-28-8-7-27-64-51(65)47-15-1-2-16-48(47)52(64)66;46-37-17-15-34(16-18-37)19-23-51-45(57)54-44-14-8-12-41(53-44)33-56(31-39-10-2-5-22-50-39)29-36-25-35(26-42(27-36)58-24-6-3-20-47)28-55(30-38-9-1-4-21-49-38)32-40-11-7-13-43(48)52-40/h1-6,9-22,24-25,29-31H,7-8,23,26-28,32-37H2,(H2,55,59)(H2,58,60,61,67);1-2,4-5,7-18,21-22,25-27H,3,6,19-20,23-24,28-33,47H2,(H2,48,52)(H2,51,53,54,57). The number of nitrogen functional groups attached to an aromatic ring is 2. The van der Waals surface area contributed by atoms with E-state index in [1.807, 2.05) is 134 Å². The first-order chi connectivity index (χ1) is 61.6. The summed E-state index contributed by atoms with van der Waals surface area (Å²) in [5.74, 6) is 2.13. The fourth-order valence-corrected chi connectivity index (χ4v) is 14.6. The topological polar surface area (TPSA) is 332 Å². The normalized spacial score (nSPS) is 11.7. The number of amides is 6. The molecule has 0 spiro atoms. The second-order valence-electron chi connectivity index (χ2n) is 30.7. The van der Waals surface area contributed by atoms with Crippen LogP contribution in [0.1, 0.15) is 125 Å². The number of carbonyl (C=O) groups excluding carboxylic acids is 4. The van der Waals surface area contributed by atoms with Gasteiger partial charge in [0.1, 0.15) is 46.4 Å². The first-order valence-electron chi connectivity index (χ1n) is 42.2. The highest BCUT2D eigenvalue weighted by Gasteiger charge is 2.34. The van der Waals surface area contributed by atoms with E-state index in [9.17, 15) is 28.0 Å². The molecule has 13 aromatic rings. The molecule has 8 aromatic heterocycles. The molecular formula is C98H104F2N20O6. The van der Waals surface area contributed by atoms with Gasteiger partial charge in [-0.05, 0) is 236 Å². The average Bonchev–Trinajstić information content (AvgIpc) is 1.63. The van der Waals surface area contributed by atoms with Crippen molar-refractivity contribution < 1.29 is 37.4 Å². The van der Waals surface area contributed by atoms with Crippen molar-refractivity contribution in [2.75, 3.05) is 61.5 Å². The molecule has 28 heteroatoms. The van der Waals surface area contributed by atoms with Crippen molar-refractivity contribution in [3.8, 4) is 11.5 Å². The van der Waals surface area contributed by atoms with Gasteiger partial charge in [-0.15, -0.1) is 0 Å². The summed E-state index contributed by atoms with van der Waals surface area (Å²) in [5.41, 5.74) is 31.7. The van der Waals surface area contributed by atoms with Crippen molar-refractivity contribution in [1.29, 1.82) is 0 Å². The number of nitrogens with one attached hydrogen (secondary N) is 4. The van der Waals surface area contributed by atoms with Gasteiger partial charge in [0.05, 0.1) is 69.9 Å². The van der Waals surface area contributed by atoms with Crippen molar-refractivity contribution >= 4 is 47.1 Å². The number of benzene rings is 5. The smallest absolute Gasteiger partial charge is 0.320 e. The molecule has 126 heavy (non-hydrogen) atoms. The van der Waals surface area contributed by atoms with Gasteiger partial charge in [0.2, 0.25) is 0 Å². The number of fused-ring (bicyclic) bond motifs is 1. The molecule has 10 N–H and O–H groups in total. The van der Waals surface area contributed by atoms with Gasteiger partial charge >= 0.3 is 12.1 Å². The molecule has 1 aliphatic rings. The fourth-order valence-electron chi connectivity index (χ4n) is 14.6. The fraction of sp³-hybridized carbons (Fsp3) is 0.245. The van der Waals surface area contributed by atoms with Crippen molar-refractivity contribution in [1.82, 2.24) is 75.0 Å². The summed E-state index contributed by atoms with van der Waals surface area (Å²) >= 11 is 0. The maximum absolute atomic E-state index is 13.3. The summed E-state index contributed by atoms with van der Waals surface area (Å²) in [4.78, 5) is 99.3. The molecule has 5 aromatic carbocycles. The zero-order valence-electron chi connectivity index (χ0n) is 70.3. The Balaban J connectivity index is 0.000000219. The lowest BCUT2D eigenvalue weighted by atomic mass is 10.1. The van der Waals surface area contributed by atoms with Gasteiger partial charge in [-0.1, -0.05) is 97.1 Å². The SMILES string of the molecule is NCCCCOc1cc(CN(Cc2ccccn2)Cc2cccc(N)n2)cc(CN(Cc2ccccn2)Cc2cccc(NC(=O)NCCc3ccc(F)cc3)n2)c1.Nc1cccc(CN(Cc2cc(CN(Cc3ccccn3)Cc3cccc(NC(=O)NCCc4ccc(F)cc4)n3)cc(OCCCCN3C(=O)c4ccccc4C3=O)c2)Cc2ccccn2)n1. The highest BCUT2D eigenvalue weighted by atomic mass is 19.1. The van der Waals surface area contributed by atoms with Crippen LogP contribution in [-0.4, -0.2) is 128 Å². The third-order valence-electron chi connectivity index (χ3n) is 20.4. The summed E-state index contributed by atoms with van der Waals surface area (Å²) in [5, 5.41) is 11.4. The van der Waals surface area contributed by atoms with Crippen LogP contribution in [0.3, 0.4) is 0 Å². The quantitative estimate of drug-likeness (QED) is 0.0138. The summed E-state index contributed by atoms with van der Waals surface area (Å²) in [6.45, 7) is 9.11. The van der Waals surface area contributed by atoms with Crippen LogP contribution < -0.4 is 47.9 Å². The Hall–Kier alpha value is -14.2. The van der Waals surface area contributed by atoms with E-state index in [4.69, 9.17) is 36.6 Å². The minimum Gasteiger partial charge on any atom is -0.494 e. The number of nitrogens with two attached hydrogens (primary N) is 3. The molecule has 0 unspecified atom stereocenters. The average molecular weight is 1700 g/mol. The molecule has 0 bridgehead atoms. The van der Waals surface area contributed by atoms with Crippen LogP contribution in [0.4, 0.5) is 41.6 Å². The number of carbonyl (C=O) groups is 4. The molecule has 26 nitrogen and oxygen atoms in total. The minimum atomic E-state index is -0.390. The number of unbranched alkanes of at least 4 members (excludes halogenated alkanes) is 2. The number of halogens is 2. The highest BCUT2D eigenvalue weighted by molar-refractivity contribution is 6.21. The van der Waals surface area contributed by atoms with E-state index in [0.717, 1.165) is 97.5 Å². The van der Waals surface area contributed by atoms with E-state index in [-0.39, 0.29) is 29.5 Å². The van der Waals surface area contributed by atoms with E-state index < -0.39 is 6.03 Å². The summed E-state index contributed by atoms with van der Waals surface area (Å²) in [7, 11) is 0. The second kappa shape index (κ2) is 46.9. The Kier molecular flexibility index (Phi) is 33.4. The number of hydrogen-bond donors (Lipinski definition) is 7. The van der Waals surface area contributed by atoms with Gasteiger partial charge in [-0.25, -0.2) is 38.3 Å². The number of rotatable bonds is 43. The van der Waals surface area contributed by atoms with Crippen LogP contribution in [0.25, 0.3) is 0 Å². The predicted molar refractivity (Wildman–Crippen MR) is 482 cm³/mol. The van der Waals surface area contributed by atoms with Crippen LogP contribution in [-0.2, 0) is 91.4 Å². The number of imide groups is 1. The minimum absolute atomic E-state index is 0.263. The number of nitrogens with zero attached hydrogens (tertiary/aromatic N) is 13. The van der Waals surface area contributed by atoms with Crippen molar-refractivity contribution in [3.63, 3.8) is 0 Å². The van der Waals surface area contributed by atoms with Gasteiger partial charge in [0.25, 0.3) is 11.8 Å². The Morgan fingerprint density at radius 1 is 0.349 bits per heavy atom. The summed E-state index contributed by atoms with van der Waals surface area (Å²) in [6.07, 6.45) is 11.2. The Morgan fingerprint density at radius 2 is 0.675 bits per heavy atom. The van der Waals surface area contributed by atoms with Crippen molar-refractivity contribution in [2.45, 2.75) is 117 Å². The van der Waals surface area contributed by atoms with Crippen molar-refractivity contribution in [3.05, 3.63) is 381 Å². The van der Waals surface area contributed by atoms with Crippen LogP contribution in [0.15, 0.2) is 280 Å². The maximum atomic E-state index is 13.3. The van der Waals surface area contributed by atoms with Gasteiger partial charge in [0.15, 0.2) is 0 Å². The molecule has 14 rings (SSSR count). The Morgan fingerprint density at radius 3 is 1.02 bits per heavy atom. The van der Waals surface area contributed by atoms with Crippen LogP contribution in [0.2, 0.25) is 0 Å². The molecule has 9 heterocycles. The van der Waals surface area contributed by atoms with Gasteiger partial charge in [-0.2, -0.15) is 0 Å². The summed E-state index contributed by atoms with van der Waals surface area (Å²) in [6, 6.07) is 77.4. The van der Waals surface area contributed by atoms with Gasteiger partial charge < -0.3 is 37.3 Å². The van der Waals surface area contributed by atoms with Crippen LogP contribution >= 0.6 is 0 Å². The zero-order chi connectivity index (χ0) is 87.4. The largest absolute Gasteiger partial charge is 0.494 e. The van der Waals surface area contributed by atoms with E-state index in [1.54, 1.807) is 91.4 Å². The third-order valence-corrected chi connectivity index (χ3v) is 20.4. The molecule has 646 valence electrons. The number of anilines is 4. The van der Waals surface area contributed by atoms with Gasteiger partial charge in [-0.3, -0.25) is 64.7 Å². The maximum Gasteiger partial charge on any atom is 0.320 e. The van der Waals surface area contributed by atoms with Gasteiger partial charge in [0, 0.05) is 123 Å². The van der Waals surface area contributed by atoms with E-state index in [2.05, 4.69) is 101 Å². The summed E-state index contributed by atoms with van der Waals surface area (Å²) < 4.78 is 39.4. The second-order valence-corrected chi connectivity index (χ2v) is 30.7. The zero-order valence-corrected chi connectivity index (χ0v) is 70.3. The monoisotopic (exact) mass is 1690 g/mol. The molecule has 0 aliphatic carbocycles. The number of aromatic nitrogens is 8. The molecule has 0 fully saturated rings. The molecule has 6 amide bonds. The lowest BCUT2D eigenvalue weighted by Gasteiger charge is -2.25. The molecular weight excluding hydrogens is 1590 g/mol. The van der Waals surface area contributed by atoms with Crippen LogP contribution in [0, 0.1) is 11.6 Å². The highest BCUT2D eigenvalue weighted by Crippen LogP contribution is 2.29. The van der Waals surface area contributed by atoms with E-state index in [0.29, 0.717) is 184 Å². The first-order valence-corrected chi connectivity index (χ1v) is 42.2. The molecule has 0 saturated carbocycles. The molecule has 0 saturated heterocycles. The number of ether oxygens (including phenoxy) is 2. The molecule has 1 aliphatic heterocycles. The number of urea groups is 2. The lowest BCUT2D eigenvalue weighted by molar-refractivity contribution is 0.0649.